The van der Waals surface area contributed by atoms with Crippen molar-refractivity contribution in [3.63, 3.8) is 0 Å². The van der Waals surface area contributed by atoms with E-state index in [1.165, 1.54) is 6.20 Å². The molecule has 0 atom stereocenters. The summed E-state index contributed by atoms with van der Waals surface area (Å²) in [6.45, 7) is 3.97. The first-order valence-electron chi connectivity index (χ1n) is 10.8. The van der Waals surface area contributed by atoms with E-state index in [0.717, 1.165) is 0 Å². The molecule has 0 saturated heterocycles. The molecule has 0 bridgehead atoms. The molecule has 0 spiro atoms. The maximum absolute atomic E-state index is 12.9. The van der Waals surface area contributed by atoms with Gasteiger partial charge >= 0.3 is 7.60 Å². The van der Waals surface area contributed by atoms with Crippen LogP contribution in [0, 0.1) is 11.3 Å². The highest BCUT2D eigenvalue weighted by Crippen LogP contribution is 2.47. The normalized spacial score (nSPS) is 15.7. The molecule has 0 radical (unpaired) electrons. The van der Waals surface area contributed by atoms with Crippen molar-refractivity contribution < 1.29 is 23.2 Å². The Kier molecular flexibility index (Phi) is 7.69. The summed E-state index contributed by atoms with van der Waals surface area (Å²) < 4.78 is 25.3. The zero-order valence-corrected chi connectivity index (χ0v) is 19.6. The Morgan fingerprint density at radius 2 is 1.85 bits per heavy atom. The van der Waals surface area contributed by atoms with E-state index in [1.54, 1.807) is 42.8 Å². The van der Waals surface area contributed by atoms with Crippen LogP contribution in [-0.2, 0) is 23.9 Å². The van der Waals surface area contributed by atoms with E-state index >= 15 is 0 Å². The molecule has 1 aliphatic rings. The van der Waals surface area contributed by atoms with Crippen LogP contribution in [0.25, 0.3) is 0 Å². The van der Waals surface area contributed by atoms with E-state index in [4.69, 9.17) is 14.8 Å². The van der Waals surface area contributed by atoms with E-state index < -0.39 is 19.0 Å². The van der Waals surface area contributed by atoms with Crippen molar-refractivity contribution in [2.24, 2.45) is 5.73 Å². The molecular weight excluding hydrogens is 445 g/mol. The number of ketones is 1. The standard InChI is InChI=1S/C22H28N5O5P/c1-3-31-33(30,32-4-2)18-7-5-16(6-8-18)25-21-19(20(24)29)15-27(26-21)22(13-14-23)11-9-17(28)10-12-22/h5-8,15H,3-4,9-13H2,1-2H3,(H2,24,29)(H,25,26). The van der Waals surface area contributed by atoms with Gasteiger partial charge in [0.05, 0.1) is 36.5 Å². The second-order valence-electron chi connectivity index (χ2n) is 7.80. The number of benzene rings is 1. The van der Waals surface area contributed by atoms with Crippen LogP contribution >= 0.6 is 7.60 Å². The van der Waals surface area contributed by atoms with Gasteiger partial charge in [-0.1, -0.05) is 0 Å². The number of hydrogen-bond acceptors (Lipinski definition) is 8. The highest BCUT2D eigenvalue weighted by Gasteiger charge is 2.38. The number of carbonyl (C=O) groups is 2. The third-order valence-electron chi connectivity index (χ3n) is 5.66. The lowest BCUT2D eigenvalue weighted by Crippen LogP contribution is -2.38. The van der Waals surface area contributed by atoms with Crippen molar-refractivity contribution in [1.29, 1.82) is 5.26 Å². The molecule has 10 nitrogen and oxygen atoms in total. The summed E-state index contributed by atoms with van der Waals surface area (Å²) in [5.74, 6) is -0.278. The first-order chi connectivity index (χ1) is 15.8. The number of rotatable bonds is 10. The molecule has 2 aromatic rings. The molecule has 3 rings (SSSR count). The fourth-order valence-electron chi connectivity index (χ4n) is 3.91. The van der Waals surface area contributed by atoms with E-state index in [0.29, 0.717) is 36.7 Å². The summed E-state index contributed by atoms with van der Waals surface area (Å²) in [4.78, 5) is 23.8. The molecule has 1 heterocycles. The second kappa shape index (κ2) is 10.3. The third kappa shape index (κ3) is 5.33. The Balaban J connectivity index is 1.90. The van der Waals surface area contributed by atoms with Gasteiger partial charge in [-0.15, -0.1) is 0 Å². The quantitative estimate of drug-likeness (QED) is 0.499. The van der Waals surface area contributed by atoms with E-state index in [1.807, 2.05) is 0 Å². The minimum Gasteiger partial charge on any atom is -0.365 e. The summed E-state index contributed by atoms with van der Waals surface area (Å²) in [5, 5.41) is 17.4. The van der Waals surface area contributed by atoms with Gasteiger partial charge in [-0.3, -0.25) is 18.8 Å². The number of nitrogens with two attached hydrogens (primary N) is 1. The SMILES string of the molecule is CCOP(=O)(OCC)c1ccc(Nc2nn(C3(CC#N)CCC(=O)CC3)cc2C(N)=O)cc1. The van der Waals surface area contributed by atoms with Gasteiger partial charge in [0.25, 0.3) is 5.91 Å². The van der Waals surface area contributed by atoms with Gasteiger partial charge in [-0.25, -0.2) is 0 Å². The molecule has 1 aromatic carbocycles. The monoisotopic (exact) mass is 473 g/mol. The van der Waals surface area contributed by atoms with Gasteiger partial charge in [0.1, 0.15) is 11.3 Å². The molecule has 1 aliphatic carbocycles. The summed E-state index contributed by atoms with van der Waals surface area (Å²) >= 11 is 0. The number of nitrogens with zero attached hydrogens (tertiary/aromatic N) is 3. The van der Waals surface area contributed by atoms with E-state index in [2.05, 4.69) is 16.5 Å². The Morgan fingerprint density at radius 1 is 1.24 bits per heavy atom. The van der Waals surface area contributed by atoms with Crippen molar-refractivity contribution >= 4 is 36.1 Å². The van der Waals surface area contributed by atoms with Crippen molar-refractivity contribution in [2.75, 3.05) is 18.5 Å². The van der Waals surface area contributed by atoms with Crippen LogP contribution in [0.1, 0.15) is 56.3 Å². The van der Waals surface area contributed by atoms with Crippen LogP contribution in [0.4, 0.5) is 11.5 Å². The van der Waals surface area contributed by atoms with Crippen molar-refractivity contribution in [3.8, 4) is 6.07 Å². The lowest BCUT2D eigenvalue weighted by molar-refractivity contribution is -0.122. The molecule has 0 aliphatic heterocycles. The van der Waals surface area contributed by atoms with Crippen LogP contribution in [0.2, 0.25) is 0 Å². The largest absolute Gasteiger partial charge is 0.365 e. The van der Waals surface area contributed by atoms with Gasteiger partial charge in [0, 0.05) is 24.7 Å². The predicted molar refractivity (Wildman–Crippen MR) is 123 cm³/mol. The minimum absolute atomic E-state index is 0.153. The third-order valence-corrected chi connectivity index (χ3v) is 7.78. The minimum atomic E-state index is -3.42. The number of nitriles is 1. The summed E-state index contributed by atoms with van der Waals surface area (Å²) in [6, 6.07) is 8.78. The van der Waals surface area contributed by atoms with Gasteiger partial charge in [-0.05, 0) is 51.0 Å². The van der Waals surface area contributed by atoms with Crippen molar-refractivity contribution in [3.05, 3.63) is 36.0 Å². The number of amides is 1. The Hall–Kier alpha value is -2.99. The molecule has 176 valence electrons. The molecular formula is C22H28N5O5P. The van der Waals surface area contributed by atoms with Gasteiger partial charge in [0.15, 0.2) is 5.82 Å². The molecule has 0 unspecified atom stereocenters. The number of primary amides is 1. The number of carbonyl (C=O) groups excluding carboxylic acids is 2. The highest BCUT2D eigenvalue weighted by molar-refractivity contribution is 7.62. The van der Waals surface area contributed by atoms with E-state index in [-0.39, 0.29) is 36.8 Å². The molecule has 33 heavy (non-hydrogen) atoms. The average molecular weight is 473 g/mol. The molecule has 1 amide bonds. The second-order valence-corrected chi connectivity index (χ2v) is 9.83. The molecule has 11 heteroatoms. The first-order valence-corrected chi connectivity index (χ1v) is 12.4. The van der Waals surface area contributed by atoms with E-state index in [9.17, 15) is 19.4 Å². The fraction of sp³-hybridized carbons (Fsp3) is 0.455. The Labute approximate surface area is 192 Å². The zero-order chi connectivity index (χ0) is 24.1. The van der Waals surface area contributed by atoms with Crippen LogP contribution in [0.5, 0.6) is 0 Å². The van der Waals surface area contributed by atoms with Gasteiger partial charge in [-0.2, -0.15) is 10.4 Å². The lowest BCUT2D eigenvalue weighted by Gasteiger charge is -2.35. The summed E-state index contributed by atoms with van der Waals surface area (Å²) in [7, 11) is -3.42. The maximum Gasteiger partial charge on any atom is 0.361 e. The maximum atomic E-state index is 12.9. The topological polar surface area (TPSA) is 149 Å². The van der Waals surface area contributed by atoms with Gasteiger partial charge in [0.2, 0.25) is 0 Å². The summed E-state index contributed by atoms with van der Waals surface area (Å²) in [6.07, 6.45) is 3.35. The lowest BCUT2D eigenvalue weighted by atomic mass is 9.79. The molecule has 1 saturated carbocycles. The smallest absolute Gasteiger partial charge is 0.361 e. The van der Waals surface area contributed by atoms with Crippen LogP contribution in [-0.4, -0.2) is 34.7 Å². The van der Waals surface area contributed by atoms with Crippen LogP contribution in [0.15, 0.2) is 30.5 Å². The number of hydrogen-bond donors (Lipinski definition) is 2. The fourth-order valence-corrected chi connectivity index (χ4v) is 5.47. The number of Topliss-reactive ketones (excluding diaryl/α,β-unsaturated/α-hetero) is 1. The molecule has 1 fully saturated rings. The van der Waals surface area contributed by atoms with Gasteiger partial charge < -0.3 is 20.1 Å². The number of anilines is 2. The molecule has 3 N–H and O–H groups in total. The van der Waals surface area contributed by atoms with Crippen LogP contribution < -0.4 is 16.4 Å². The van der Waals surface area contributed by atoms with Crippen molar-refractivity contribution in [1.82, 2.24) is 9.78 Å². The summed E-state index contributed by atoms with van der Waals surface area (Å²) in [5.41, 5.74) is 5.66. The Bertz CT molecular complexity index is 1090. The van der Waals surface area contributed by atoms with Crippen LogP contribution in [0.3, 0.4) is 0 Å². The number of nitrogens with one attached hydrogen (secondary N) is 1. The predicted octanol–water partition coefficient (Wildman–Crippen LogP) is 3.37. The highest BCUT2D eigenvalue weighted by atomic mass is 31.2. The average Bonchev–Trinajstić information content (AvgIpc) is 3.21. The van der Waals surface area contributed by atoms with Crippen molar-refractivity contribution in [2.45, 2.75) is 51.5 Å². The first kappa shape index (κ1) is 24.6. The Morgan fingerprint density at radius 3 is 2.36 bits per heavy atom. The molecule has 1 aromatic heterocycles. The zero-order valence-electron chi connectivity index (χ0n) is 18.7. The number of aromatic nitrogens is 2.